The van der Waals surface area contributed by atoms with E-state index >= 15 is 0 Å². The molecule has 0 spiro atoms. The van der Waals surface area contributed by atoms with E-state index in [-0.39, 0.29) is 12.5 Å². The van der Waals surface area contributed by atoms with Crippen molar-refractivity contribution in [1.29, 1.82) is 0 Å². The number of amides is 1. The first-order valence-corrected chi connectivity index (χ1v) is 5.45. The zero-order valence-electron chi connectivity index (χ0n) is 9.51. The molecule has 1 aliphatic rings. The number of nitrogens with zero attached hydrogens (tertiary/aromatic N) is 1. The van der Waals surface area contributed by atoms with Crippen molar-refractivity contribution in [2.45, 2.75) is 37.7 Å². The molecule has 1 aliphatic carbocycles. The van der Waals surface area contributed by atoms with Gasteiger partial charge in [-0.25, -0.2) is 8.78 Å². The lowest BCUT2D eigenvalue weighted by molar-refractivity contribution is -0.181. The molecule has 0 saturated heterocycles. The third kappa shape index (κ3) is 2.70. The number of alkyl halides is 4. The van der Waals surface area contributed by atoms with Crippen LogP contribution in [0.15, 0.2) is 0 Å². The third-order valence-corrected chi connectivity index (χ3v) is 3.30. The van der Waals surface area contributed by atoms with Gasteiger partial charge in [0, 0.05) is 13.1 Å². The normalized spacial score (nSPS) is 25.4. The number of nitrogens with two attached hydrogens (primary N) is 1. The first kappa shape index (κ1) is 14.2. The summed E-state index contributed by atoms with van der Waals surface area (Å²) in [4.78, 5) is 12.0. The summed E-state index contributed by atoms with van der Waals surface area (Å²) >= 11 is 0. The molecular formula is C10H16F4N2O. The first-order valence-electron chi connectivity index (χ1n) is 5.45. The van der Waals surface area contributed by atoms with Gasteiger partial charge in [0.05, 0.1) is 0 Å². The molecule has 1 rings (SSSR count). The van der Waals surface area contributed by atoms with Gasteiger partial charge in [-0.1, -0.05) is 6.42 Å². The van der Waals surface area contributed by atoms with Gasteiger partial charge in [-0.2, -0.15) is 8.78 Å². The van der Waals surface area contributed by atoms with Crippen molar-refractivity contribution in [3.63, 3.8) is 0 Å². The zero-order valence-corrected chi connectivity index (χ0v) is 9.51. The summed E-state index contributed by atoms with van der Waals surface area (Å²) in [6, 6.07) is -0.461. The number of halogens is 4. The second kappa shape index (κ2) is 5.20. The molecule has 1 saturated carbocycles. The van der Waals surface area contributed by atoms with E-state index in [0.29, 0.717) is 6.42 Å². The molecule has 0 aromatic carbocycles. The Kier molecular flexibility index (Phi) is 4.35. The van der Waals surface area contributed by atoms with E-state index in [1.165, 1.54) is 0 Å². The Labute approximate surface area is 96.9 Å². The highest BCUT2D eigenvalue weighted by atomic mass is 19.3. The third-order valence-electron chi connectivity index (χ3n) is 3.30. The number of carbonyl (C=O) groups excluding carboxylic acids is 1. The van der Waals surface area contributed by atoms with Crippen LogP contribution in [0.4, 0.5) is 17.6 Å². The van der Waals surface area contributed by atoms with Crippen LogP contribution in [0.5, 0.6) is 0 Å². The van der Waals surface area contributed by atoms with Crippen LogP contribution in [0, 0.1) is 5.92 Å². The monoisotopic (exact) mass is 256 g/mol. The van der Waals surface area contributed by atoms with Crippen LogP contribution in [0.1, 0.15) is 19.3 Å². The predicted molar refractivity (Wildman–Crippen MR) is 53.9 cm³/mol. The maximum Gasteiger partial charge on any atom is 0.383 e. The fourth-order valence-electron chi connectivity index (χ4n) is 2.28. The number of carbonyl (C=O) groups is 1. The molecule has 7 heteroatoms. The van der Waals surface area contributed by atoms with Crippen molar-refractivity contribution in [3.8, 4) is 0 Å². The van der Waals surface area contributed by atoms with Crippen LogP contribution in [-0.4, -0.2) is 42.8 Å². The molecule has 1 amide bonds. The molecule has 0 aromatic heterocycles. The second-order valence-electron chi connectivity index (χ2n) is 4.33. The molecule has 0 aromatic rings. The van der Waals surface area contributed by atoms with Crippen LogP contribution in [-0.2, 0) is 4.79 Å². The van der Waals surface area contributed by atoms with Crippen molar-refractivity contribution in [1.82, 2.24) is 4.90 Å². The molecule has 0 aliphatic heterocycles. The summed E-state index contributed by atoms with van der Waals surface area (Å²) in [5.41, 5.74) is 5.46. The van der Waals surface area contributed by atoms with Crippen LogP contribution in [0.3, 0.4) is 0 Å². The van der Waals surface area contributed by atoms with E-state index in [4.69, 9.17) is 5.73 Å². The van der Waals surface area contributed by atoms with Crippen LogP contribution >= 0.6 is 0 Å². The lowest BCUT2D eigenvalue weighted by Crippen LogP contribution is -2.51. The predicted octanol–water partition coefficient (Wildman–Crippen LogP) is 1.47. The van der Waals surface area contributed by atoms with Crippen LogP contribution < -0.4 is 5.73 Å². The van der Waals surface area contributed by atoms with Crippen molar-refractivity contribution in [2.24, 2.45) is 11.7 Å². The number of rotatable bonds is 4. The summed E-state index contributed by atoms with van der Waals surface area (Å²) in [6.45, 7) is 0.266. The van der Waals surface area contributed by atoms with Gasteiger partial charge in [0.2, 0.25) is 0 Å². The fourth-order valence-corrected chi connectivity index (χ4v) is 2.28. The Bertz CT molecular complexity index is 285. The van der Waals surface area contributed by atoms with E-state index in [0.717, 1.165) is 24.8 Å². The van der Waals surface area contributed by atoms with Gasteiger partial charge in [-0.3, -0.25) is 4.79 Å². The van der Waals surface area contributed by atoms with Gasteiger partial charge in [0.1, 0.15) is 0 Å². The second-order valence-corrected chi connectivity index (χ2v) is 4.33. The highest BCUT2D eigenvalue weighted by molar-refractivity contribution is 5.84. The summed E-state index contributed by atoms with van der Waals surface area (Å²) in [7, 11) is 1.14. The summed E-state index contributed by atoms with van der Waals surface area (Å²) in [5.74, 6) is -6.52. The van der Waals surface area contributed by atoms with Gasteiger partial charge in [-0.05, 0) is 25.3 Å². The molecule has 17 heavy (non-hydrogen) atoms. The van der Waals surface area contributed by atoms with Crippen LogP contribution in [0.2, 0.25) is 0 Å². The first-order chi connectivity index (χ1) is 7.82. The minimum atomic E-state index is -4.61. The number of hydrogen-bond donors (Lipinski definition) is 1. The van der Waals surface area contributed by atoms with Crippen molar-refractivity contribution in [2.75, 3.05) is 13.6 Å². The zero-order chi connectivity index (χ0) is 13.2. The summed E-state index contributed by atoms with van der Waals surface area (Å²) in [5, 5.41) is 0. The Balaban J connectivity index is 2.76. The lowest BCUT2D eigenvalue weighted by Gasteiger charge is -2.31. The minimum Gasteiger partial charge on any atom is -0.337 e. The molecule has 2 unspecified atom stereocenters. The quantitative estimate of drug-likeness (QED) is 0.774. The molecule has 0 heterocycles. The molecule has 1 fully saturated rings. The SMILES string of the molecule is CN(C(=O)C(F)(F)C(F)F)C1CCCC1CN. The van der Waals surface area contributed by atoms with Gasteiger partial charge < -0.3 is 10.6 Å². The highest BCUT2D eigenvalue weighted by Crippen LogP contribution is 2.32. The lowest BCUT2D eigenvalue weighted by atomic mass is 10.0. The Hall–Kier alpha value is -0.850. The van der Waals surface area contributed by atoms with Crippen LogP contribution in [0.25, 0.3) is 0 Å². The Morgan fingerprint density at radius 3 is 2.53 bits per heavy atom. The standard InChI is InChI=1S/C10H16F4N2O/c1-16(7-4-2-3-6(7)5-15)9(17)10(13,14)8(11)12/h6-8H,2-5,15H2,1H3. The average Bonchev–Trinajstić information content (AvgIpc) is 2.74. The molecule has 0 bridgehead atoms. The van der Waals surface area contributed by atoms with E-state index in [2.05, 4.69) is 0 Å². The fraction of sp³-hybridized carbons (Fsp3) is 0.900. The van der Waals surface area contributed by atoms with Crippen molar-refractivity contribution < 1.29 is 22.4 Å². The van der Waals surface area contributed by atoms with Crippen molar-refractivity contribution in [3.05, 3.63) is 0 Å². The smallest absolute Gasteiger partial charge is 0.337 e. The molecular weight excluding hydrogens is 240 g/mol. The Morgan fingerprint density at radius 2 is 2.06 bits per heavy atom. The van der Waals surface area contributed by atoms with E-state index in [9.17, 15) is 22.4 Å². The average molecular weight is 256 g/mol. The van der Waals surface area contributed by atoms with Gasteiger partial charge in [-0.15, -0.1) is 0 Å². The van der Waals surface area contributed by atoms with Gasteiger partial charge in [0.25, 0.3) is 5.91 Å². The Morgan fingerprint density at radius 1 is 1.47 bits per heavy atom. The molecule has 100 valence electrons. The van der Waals surface area contributed by atoms with Gasteiger partial charge in [0.15, 0.2) is 0 Å². The van der Waals surface area contributed by atoms with E-state index in [1.54, 1.807) is 0 Å². The number of hydrogen-bond acceptors (Lipinski definition) is 2. The van der Waals surface area contributed by atoms with Gasteiger partial charge >= 0.3 is 12.3 Å². The van der Waals surface area contributed by atoms with Crippen molar-refractivity contribution >= 4 is 5.91 Å². The highest BCUT2D eigenvalue weighted by Gasteiger charge is 2.52. The summed E-state index contributed by atoms with van der Waals surface area (Å²) in [6.07, 6.45) is -1.94. The molecule has 2 N–H and O–H groups in total. The minimum absolute atomic E-state index is 0.0857. The molecule has 3 nitrogen and oxygen atoms in total. The maximum atomic E-state index is 12.9. The van der Waals surface area contributed by atoms with E-state index < -0.39 is 24.3 Å². The topological polar surface area (TPSA) is 46.3 Å². The molecule has 2 atom stereocenters. The van der Waals surface area contributed by atoms with E-state index in [1.807, 2.05) is 0 Å². The molecule has 0 radical (unpaired) electrons. The summed E-state index contributed by atoms with van der Waals surface area (Å²) < 4.78 is 49.9. The largest absolute Gasteiger partial charge is 0.383 e. The maximum absolute atomic E-state index is 12.9.